The number of aromatic nitrogens is 3. The monoisotopic (exact) mass is 534 g/mol. The number of halogens is 2. The van der Waals surface area contributed by atoms with E-state index >= 15 is 4.39 Å². The zero-order valence-corrected chi connectivity index (χ0v) is 21.3. The maximum atomic E-state index is 15.0. The molecule has 0 fully saturated rings. The van der Waals surface area contributed by atoms with Gasteiger partial charge in [-0.1, -0.05) is 11.6 Å². The largest absolute Gasteiger partial charge is 0.459 e. The van der Waals surface area contributed by atoms with Crippen LogP contribution in [-0.4, -0.2) is 37.1 Å². The average Bonchev–Trinajstić information content (AvgIpc) is 3.06. The molecule has 37 heavy (non-hydrogen) atoms. The van der Waals surface area contributed by atoms with Gasteiger partial charge in [-0.25, -0.2) is 37.4 Å². The van der Waals surface area contributed by atoms with E-state index in [-0.39, 0.29) is 5.69 Å². The van der Waals surface area contributed by atoms with Gasteiger partial charge in [0, 0.05) is 18.2 Å². The number of hydrogen-bond acceptors (Lipinski definition) is 7. The first kappa shape index (κ1) is 26.3. The summed E-state index contributed by atoms with van der Waals surface area (Å²) >= 11 is 6.19. The van der Waals surface area contributed by atoms with Crippen molar-refractivity contribution < 1.29 is 23.5 Å². The lowest BCUT2D eigenvalue weighted by Gasteiger charge is -2.20. The highest BCUT2D eigenvalue weighted by Gasteiger charge is 2.41. The molecule has 0 N–H and O–H groups in total. The van der Waals surface area contributed by atoms with Crippen LogP contribution in [0.15, 0.2) is 37.7 Å². The van der Waals surface area contributed by atoms with Crippen LogP contribution in [0.4, 0.5) is 10.1 Å². The van der Waals surface area contributed by atoms with Gasteiger partial charge in [0.15, 0.2) is 0 Å². The van der Waals surface area contributed by atoms with Crippen molar-refractivity contribution >= 4 is 35.1 Å². The normalized spacial score (nSPS) is 15.9. The first-order valence-electron chi connectivity index (χ1n) is 11.5. The number of benzene rings is 1. The van der Waals surface area contributed by atoms with Crippen molar-refractivity contribution in [1.29, 1.82) is 0 Å². The van der Waals surface area contributed by atoms with Crippen molar-refractivity contribution in [3.05, 3.63) is 65.6 Å². The molecule has 1 aliphatic heterocycles. The van der Waals surface area contributed by atoms with Gasteiger partial charge >= 0.3 is 23.0 Å². The van der Waals surface area contributed by atoms with Gasteiger partial charge in [0.05, 0.1) is 16.4 Å². The van der Waals surface area contributed by atoms with E-state index in [1.807, 2.05) is 0 Å². The third-order valence-electron chi connectivity index (χ3n) is 6.01. The van der Waals surface area contributed by atoms with E-state index < -0.39 is 63.5 Å². The maximum Gasteiger partial charge on any atom is 0.341 e. The quantitative estimate of drug-likeness (QED) is 0.430. The Balaban J connectivity index is 1.87. The Morgan fingerprint density at radius 2 is 1.51 bits per heavy atom. The third kappa shape index (κ3) is 4.57. The first-order chi connectivity index (χ1) is 17.2. The number of imide groups is 1. The van der Waals surface area contributed by atoms with Crippen LogP contribution < -0.4 is 22.0 Å². The number of hydrogen-bond donors (Lipinski definition) is 0. The van der Waals surface area contributed by atoms with E-state index in [1.54, 1.807) is 20.8 Å². The van der Waals surface area contributed by atoms with Crippen LogP contribution in [0.25, 0.3) is 5.69 Å². The Bertz CT molecular complexity index is 1550. The molecule has 0 spiro atoms. The van der Waals surface area contributed by atoms with Gasteiger partial charge in [-0.3, -0.25) is 14.4 Å². The number of anilines is 1. The summed E-state index contributed by atoms with van der Waals surface area (Å²) in [5, 5.41) is -0.403. The van der Waals surface area contributed by atoms with Gasteiger partial charge in [0.2, 0.25) is 0 Å². The minimum atomic E-state index is -1.24. The summed E-state index contributed by atoms with van der Waals surface area (Å²) in [4.78, 5) is 77.8. The second kappa shape index (κ2) is 9.25. The maximum absolute atomic E-state index is 15.0. The number of rotatable bonds is 4. The topological polar surface area (TPSA) is 130 Å². The SMILES string of the molecule is Cn1c(=O)n(CC(=O)OC(C)(C)C)c(=O)n(-c2cc(N3C(=O)C4=C(CCCC4)C3=O)c(F)cc2Cl)c1=O. The van der Waals surface area contributed by atoms with Crippen molar-refractivity contribution in [2.45, 2.75) is 58.6 Å². The summed E-state index contributed by atoms with van der Waals surface area (Å²) in [5.41, 5.74) is -4.62. The van der Waals surface area contributed by atoms with Crippen molar-refractivity contribution in [2.24, 2.45) is 7.05 Å². The summed E-state index contributed by atoms with van der Waals surface area (Å²) in [5.74, 6) is -3.29. The van der Waals surface area contributed by atoms with Crippen molar-refractivity contribution in [3.63, 3.8) is 0 Å². The van der Waals surface area contributed by atoms with E-state index in [9.17, 15) is 28.8 Å². The van der Waals surface area contributed by atoms with Crippen LogP contribution in [0, 0.1) is 5.82 Å². The molecular formula is C24H24ClFN4O7. The molecule has 0 unspecified atom stereocenters. The predicted octanol–water partition coefficient (Wildman–Crippen LogP) is 1.58. The molecular weight excluding hydrogens is 511 g/mol. The molecule has 2 heterocycles. The average molecular weight is 535 g/mol. The Labute approximate surface area is 214 Å². The molecule has 1 aromatic heterocycles. The fourth-order valence-corrected chi connectivity index (χ4v) is 4.60. The zero-order valence-electron chi connectivity index (χ0n) is 20.6. The molecule has 1 aromatic carbocycles. The smallest absolute Gasteiger partial charge is 0.341 e. The van der Waals surface area contributed by atoms with Crippen molar-refractivity contribution in [2.75, 3.05) is 4.90 Å². The second-order valence-corrected chi connectivity index (χ2v) is 10.2. The van der Waals surface area contributed by atoms with Crippen LogP contribution in [0.3, 0.4) is 0 Å². The van der Waals surface area contributed by atoms with Gasteiger partial charge < -0.3 is 4.74 Å². The highest BCUT2D eigenvalue weighted by Crippen LogP contribution is 2.38. The Hall–Kier alpha value is -3.80. The molecule has 0 atom stereocenters. The molecule has 0 saturated heterocycles. The van der Waals surface area contributed by atoms with Gasteiger partial charge in [-0.05, 0) is 58.6 Å². The standard InChI is InChI=1S/C24H24ClFN4O7/c1-24(2,3)37-18(31)11-28-21(34)27(4)22(35)30(23(28)36)16-10-17(15(26)9-14(16)25)29-19(32)12-7-5-6-8-13(12)20(29)33/h9-10H,5-8,11H2,1-4H3. The fraction of sp³-hybridized carbons (Fsp3) is 0.417. The Morgan fingerprint density at radius 3 is 2.05 bits per heavy atom. The summed E-state index contributed by atoms with van der Waals surface area (Å²) < 4.78 is 21.7. The molecule has 196 valence electrons. The molecule has 2 aliphatic rings. The number of nitrogens with zero attached hydrogens (tertiary/aromatic N) is 4. The van der Waals surface area contributed by atoms with Gasteiger partial charge in [0.1, 0.15) is 18.0 Å². The molecule has 1 aliphatic carbocycles. The molecule has 2 aromatic rings. The van der Waals surface area contributed by atoms with Crippen LogP contribution in [0.1, 0.15) is 46.5 Å². The second-order valence-electron chi connectivity index (χ2n) is 9.78. The highest BCUT2D eigenvalue weighted by atomic mass is 35.5. The first-order valence-corrected chi connectivity index (χ1v) is 11.9. The molecule has 0 radical (unpaired) electrons. The van der Waals surface area contributed by atoms with Gasteiger partial charge in [0.25, 0.3) is 11.8 Å². The molecule has 4 rings (SSSR count). The van der Waals surface area contributed by atoms with Crippen molar-refractivity contribution in [3.8, 4) is 5.69 Å². The highest BCUT2D eigenvalue weighted by molar-refractivity contribution is 6.34. The molecule has 0 saturated carbocycles. The fourth-order valence-electron chi connectivity index (χ4n) is 4.37. The Morgan fingerprint density at radius 1 is 0.946 bits per heavy atom. The minimum Gasteiger partial charge on any atom is -0.459 e. The van der Waals surface area contributed by atoms with E-state index in [2.05, 4.69) is 0 Å². The van der Waals surface area contributed by atoms with E-state index in [4.69, 9.17) is 16.3 Å². The molecule has 2 amide bonds. The van der Waals surface area contributed by atoms with E-state index in [0.717, 1.165) is 19.2 Å². The van der Waals surface area contributed by atoms with Crippen molar-refractivity contribution in [1.82, 2.24) is 13.7 Å². The Kier molecular flexibility index (Phi) is 6.57. The van der Waals surface area contributed by atoms with E-state index in [1.165, 1.54) is 0 Å². The number of carbonyl (C=O) groups is 3. The summed E-state index contributed by atoms with van der Waals surface area (Å²) in [6, 6.07) is 1.69. The van der Waals surface area contributed by atoms with Gasteiger partial charge in [-0.15, -0.1) is 0 Å². The minimum absolute atomic E-state index is 0.311. The van der Waals surface area contributed by atoms with Crippen LogP contribution >= 0.6 is 11.6 Å². The van der Waals surface area contributed by atoms with Gasteiger partial charge in [-0.2, -0.15) is 0 Å². The number of carbonyl (C=O) groups excluding carboxylic acids is 3. The van der Waals surface area contributed by atoms with Crippen LogP contribution in [-0.2, 0) is 32.7 Å². The van der Waals surface area contributed by atoms with Crippen LogP contribution in [0.5, 0.6) is 0 Å². The summed E-state index contributed by atoms with van der Waals surface area (Å²) in [6.45, 7) is 3.98. The number of amides is 2. The molecule has 0 bridgehead atoms. The summed E-state index contributed by atoms with van der Waals surface area (Å²) in [6.07, 6.45) is 2.19. The lowest BCUT2D eigenvalue weighted by Crippen LogP contribution is -2.54. The lowest BCUT2D eigenvalue weighted by atomic mass is 9.93. The summed E-state index contributed by atoms with van der Waals surface area (Å²) in [7, 11) is 1.08. The molecule has 13 heteroatoms. The van der Waals surface area contributed by atoms with Crippen LogP contribution in [0.2, 0.25) is 5.02 Å². The lowest BCUT2D eigenvalue weighted by molar-refractivity contribution is -0.155. The number of esters is 1. The van der Waals surface area contributed by atoms with E-state index in [0.29, 0.717) is 55.4 Å². The predicted molar refractivity (Wildman–Crippen MR) is 130 cm³/mol. The third-order valence-corrected chi connectivity index (χ3v) is 6.32. The molecule has 11 nitrogen and oxygen atoms in total. The zero-order chi connectivity index (χ0) is 27.4. The number of ether oxygens (including phenoxy) is 1.